The van der Waals surface area contributed by atoms with Gasteiger partial charge in [-0.2, -0.15) is 5.10 Å². The van der Waals surface area contributed by atoms with Crippen molar-refractivity contribution in [2.24, 2.45) is 0 Å². The summed E-state index contributed by atoms with van der Waals surface area (Å²) in [5, 5.41) is 8.39. The molecule has 2 aromatic rings. The predicted octanol–water partition coefficient (Wildman–Crippen LogP) is 2.23. The summed E-state index contributed by atoms with van der Waals surface area (Å²) in [5.41, 5.74) is 1.48. The summed E-state index contributed by atoms with van der Waals surface area (Å²) in [6, 6.07) is 2.64. The molecule has 0 aliphatic heterocycles. The van der Waals surface area contributed by atoms with Gasteiger partial charge in [-0.25, -0.2) is 9.67 Å². The van der Waals surface area contributed by atoms with Crippen LogP contribution in [0.5, 0.6) is 0 Å². The number of nitrogens with zero attached hydrogens (tertiary/aromatic N) is 4. The SMILES string of the molecule is C[C@H](CNC(=O)c1cnc2c(cnn2C2CCCC2)c1)N(C)C. The van der Waals surface area contributed by atoms with E-state index in [4.69, 9.17) is 0 Å². The molecule has 1 N–H and O–H groups in total. The molecule has 3 rings (SSSR count). The van der Waals surface area contributed by atoms with E-state index in [1.165, 1.54) is 25.7 Å². The minimum absolute atomic E-state index is 0.0817. The van der Waals surface area contributed by atoms with E-state index in [9.17, 15) is 4.79 Å². The van der Waals surface area contributed by atoms with Gasteiger partial charge >= 0.3 is 0 Å². The number of likely N-dealkylation sites (N-methyl/N-ethyl adjacent to an activating group) is 1. The molecule has 0 radical (unpaired) electrons. The van der Waals surface area contributed by atoms with E-state index in [-0.39, 0.29) is 5.91 Å². The summed E-state index contributed by atoms with van der Waals surface area (Å²) < 4.78 is 2.03. The van der Waals surface area contributed by atoms with E-state index >= 15 is 0 Å². The summed E-state index contributed by atoms with van der Waals surface area (Å²) in [6.45, 7) is 2.69. The van der Waals surface area contributed by atoms with E-state index in [0.717, 1.165) is 11.0 Å². The first-order valence-electron chi connectivity index (χ1n) is 8.34. The van der Waals surface area contributed by atoms with Crippen molar-refractivity contribution in [2.75, 3.05) is 20.6 Å². The lowest BCUT2D eigenvalue weighted by Crippen LogP contribution is -2.38. The van der Waals surface area contributed by atoms with Gasteiger partial charge in [0, 0.05) is 24.2 Å². The number of rotatable bonds is 5. The van der Waals surface area contributed by atoms with Crippen molar-refractivity contribution < 1.29 is 4.79 Å². The zero-order chi connectivity index (χ0) is 16.4. The Bertz CT molecular complexity index is 687. The summed E-state index contributed by atoms with van der Waals surface area (Å²) >= 11 is 0. The molecule has 6 heteroatoms. The number of aromatic nitrogens is 3. The number of nitrogens with one attached hydrogen (secondary N) is 1. The van der Waals surface area contributed by atoms with Crippen LogP contribution in [0, 0.1) is 0 Å². The second kappa shape index (κ2) is 6.66. The van der Waals surface area contributed by atoms with Crippen LogP contribution in [0.1, 0.15) is 49.0 Å². The number of pyridine rings is 1. The van der Waals surface area contributed by atoms with Crippen LogP contribution < -0.4 is 5.32 Å². The van der Waals surface area contributed by atoms with Crippen molar-refractivity contribution in [2.45, 2.75) is 44.7 Å². The van der Waals surface area contributed by atoms with Crippen LogP contribution in [0.3, 0.4) is 0 Å². The van der Waals surface area contributed by atoms with E-state index in [1.54, 1.807) is 6.20 Å². The second-order valence-corrected chi connectivity index (χ2v) is 6.69. The number of amides is 1. The Kier molecular flexibility index (Phi) is 4.61. The van der Waals surface area contributed by atoms with Gasteiger partial charge in [0.15, 0.2) is 5.65 Å². The van der Waals surface area contributed by atoms with Crippen molar-refractivity contribution in [1.29, 1.82) is 0 Å². The number of carbonyl (C=O) groups excluding carboxylic acids is 1. The largest absolute Gasteiger partial charge is 0.350 e. The fourth-order valence-corrected chi connectivity index (χ4v) is 3.01. The molecule has 1 fully saturated rings. The van der Waals surface area contributed by atoms with Gasteiger partial charge in [0.25, 0.3) is 5.91 Å². The highest BCUT2D eigenvalue weighted by molar-refractivity contribution is 5.96. The third kappa shape index (κ3) is 3.37. The molecule has 0 spiro atoms. The smallest absolute Gasteiger partial charge is 0.252 e. The number of hydrogen-bond donors (Lipinski definition) is 1. The van der Waals surface area contributed by atoms with Crippen LogP contribution in [0.15, 0.2) is 18.5 Å². The van der Waals surface area contributed by atoms with Crippen molar-refractivity contribution >= 4 is 16.9 Å². The Morgan fingerprint density at radius 1 is 1.39 bits per heavy atom. The molecule has 0 bridgehead atoms. The lowest BCUT2D eigenvalue weighted by molar-refractivity contribution is 0.0943. The third-order valence-electron chi connectivity index (χ3n) is 4.81. The van der Waals surface area contributed by atoms with Crippen molar-refractivity contribution in [1.82, 2.24) is 25.0 Å². The zero-order valence-electron chi connectivity index (χ0n) is 14.1. The van der Waals surface area contributed by atoms with Crippen molar-refractivity contribution in [3.63, 3.8) is 0 Å². The van der Waals surface area contributed by atoms with Gasteiger partial charge in [-0.15, -0.1) is 0 Å². The van der Waals surface area contributed by atoms with E-state index in [2.05, 4.69) is 27.2 Å². The normalized spacial score (nSPS) is 17.0. The molecule has 0 aromatic carbocycles. The monoisotopic (exact) mass is 315 g/mol. The first-order valence-corrected chi connectivity index (χ1v) is 8.34. The van der Waals surface area contributed by atoms with E-state index in [1.807, 2.05) is 31.0 Å². The number of fused-ring (bicyclic) bond motifs is 1. The number of carbonyl (C=O) groups is 1. The summed E-state index contributed by atoms with van der Waals surface area (Å²) in [6.07, 6.45) is 8.34. The molecule has 2 heterocycles. The lowest BCUT2D eigenvalue weighted by Gasteiger charge is -2.19. The third-order valence-corrected chi connectivity index (χ3v) is 4.81. The Morgan fingerprint density at radius 3 is 2.83 bits per heavy atom. The molecule has 124 valence electrons. The molecular formula is C17H25N5O. The predicted molar refractivity (Wildman–Crippen MR) is 90.5 cm³/mol. The molecule has 0 saturated heterocycles. The van der Waals surface area contributed by atoms with Gasteiger partial charge < -0.3 is 10.2 Å². The second-order valence-electron chi connectivity index (χ2n) is 6.69. The van der Waals surface area contributed by atoms with Crippen molar-refractivity contribution in [3.05, 3.63) is 24.0 Å². The Labute approximate surface area is 136 Å². The molecule has 1 aliphatic rings. The summed E-state index contributed by atoms with van der Waals surface area (Å²) in [5.74, 6) is -0.0817. The van der Waals surface area contributed by atoms with E-state index in [0.29, 0.717) is 24.2 Å². The van der Waals surface area contributed by atoms with Gasteiger partial charge in [0.1, 0.15) is 0 Å². The van der Waals surface area contributed by atoms with Gasteiger partial charge in [-0.05, 0) is 39.9 Å². The average Bonchev–Trinajstić information content (AvgIpc) is 3.19. The molecule has 1 amide bonds. The van der Waals surface area contributed by atoms with Crippen LogP contribution >= 0.6 is 0 Å². The molecule has 2 aromatic heterocycles. The summed E-state index contributed by atoms with van der Waals surface area (Å²) in [7, 11) is 4.00. The molecule has 1 atom stereocenters. The quantitative estimate of drug-likeness (QED) is 0.919. The molecule has 23 heavy (non-hydrogen) atoms. The van der Waals surface area contributed by atoms with Crippen LogP contribution in [-0.2, 0) is 0 Å². The minimum Gasteiger partial charge on any atom is -0.350 e. The van der Waals surface area contributed by atoms with Crippen LogP contribution in [-0.4, -0.2) is 52.3 Å². The van der Waals surface area contributed by atoms with Crippen molar-refractivity contribution in [3.8, 4) is 0 Å². The first-order chi connectivity index (χ1) is 11.1. The lowest BCUT2D eigenvalue weighted by atomic mass is 10.2. The molecular weight excluding hydrogens is 290 g/mol. The molecule has 6 nitrogen and oxygen atoms in total. The maximum Gasteiger partial charge on any atom is 0.252 e. The maximum atomic E-state index is 12.3. The average molecular weight is 315 g/mol. The van der Waals surface area contributed by atoms with Gasteiger partial charge in [0.2, 0.25) is 0 Å². The minimum atomic E-state index is -0.0817. The highest BCUT2D eigenvalue weighted by atomic mass is 16.1. The van der Waals surface area contributed by atoms with E-state index < -0.39 is 0 Å². The maximum absolute atomic E-state index is 12.3. The molecule has 1 saturated carbocycles. The Balaban J connectivity index is 1.74. The van der Waals surface area contributed by atoms with Gasteiger partial charge in [0.05, 0.1) is 17.8 Å². The van der Waals surface area contributed by atoms with Crippen LogP contribution in [0.4, 0.5) is 0 Å². The van der Waals surface area contributed by atoms with Crippen LogP contribution in [0.2, 0.25) is 0 Å². The number of hydrogen-bond acceptors (Lipinski definition) is 4. The highest BCUT2D eigenvalue weighted by Gasteiger charge is 2.20. The standard InChI is InChI=1S/C17H25N5O/c1-12(21(2)3)9-19-17(23)14-8-13-11-20-22(16(13)18-10-14)15-6-4-5-7-15/h8,10-12,15H,4-7,9H2,1-3H3,(H,19,23)/t12-/m1/s1. The van der Waals surface area contributed by atoms with Gasteiger partial charge in [-0.1, -0.05) is 12.8 Å². The fourth-order valence-electron chi connectivity index (χ4n) is 3.01. The first kappa shape index (κ1) is 15.9. The fraction of sp³-hybridized carbons (Fsp3) is 0.588. The topological polar surface area (TPSA) is 63.1 Å². The molecule has 1 aliphatic carbocycles. The van der Waals surface area contributed by atoms with Gasteiger partial charge in [-0.3, -0.25) is 4.79 Å². The molecule has 0 unspecified atom stereocenters. The highest BCUT2D eigenvalue weighted by Crippen LogP contribution is 2.31. The van der Waals surface area contributed by atoms with Crippen LogP contribution in [0.25, 0.3) is 11.0 Å². The zero-order valence-corrected chi connectivity index (χ0v) is 14.1. The Hall–Kier alpha value is -1.95. The summed E-state index contributed by atoms with van der Waals surface area (Å²) in [4.78, 5) is 18.9. The Morgan fingerprint density at radius 2 is 2.13 bits per heavy atom.